The topological polar surface area (TPSA) is 71.0 Å². The first-order chi connectivity index (χ1) is 15.6. The summed E-state index contributed by atoms with van der Waals surface area (Å²) in [5.74, 6) is 1.98. The average Bonchev–Trinajstić information content (AvgIpc) is 3.16. The molecule has 32 heavy (non-hydrogen) atoms. The van der Waals surface area contributed by atoms with Crippen LogP contribution in [0.5, 0.6) is 0 Å². The molecule has 3 aromatic rings. The van der Waals surface area contributed by atoms with Gasteiger partial charge in [-0.05, 0) is 61.3 Å². The highest BCUT2D eigenvalue weighted by molar-refractivity contribution is 7.99. The zero-order valence-electron chi connectivity index (χ0n) is 18.6. The van der Waals surface area contributed by atoms with E-state index in [1.54, 1.807) is 29.3 Å². The lowest BCUT2D eigenvalue weighted by atomic mass is 10.1. The molecule has 2 aromatic heterocycles. The molecule has 0 unspecified atom stereocenters. The summed E-state index contributed by atoms with van der Waals surface area (Å²) in [7, 11) is 0. The normalized spacial score (nSPS) is 14.4. The molecule has 1 aromatic carbocycles. The second-order valence-electron chi connectivity index (χ2n) is 8.06. The minimum Gasteiger partial charge on any atom is -0.341 e. The molecule has 1 aliphatic heterocycles. The van der Waals surface area contributed by atoms with Crippen molar-refractivity contribution in [1.82, 2.24) is 15.0 Å². The molecule has 0 spiro atoms. The van der Waals surface area contributed by atoms with E-state index in [1.807, 2.05) is 12.3 Å². The van der Waals surface area contributed by atoms with Gasteiger partial charge < -0.3 is 10.2 Å². The van der Waals surface area contributed by atoms with Crippen molar-refractivity contribution in [1.29, 1.82) is 0 Å². The number of Topliss-reactive ketones (excluding diaryl/α,β-unsaturated/α-hetero) is 1. The molecule has 4 rings (SSSR count). The smallest absolute Gasteiger partial charge is 0.228 e. The van der Waals surface area contributed by atoms with Crippen molar-refractivity contribution >= 4 is 45.6 Å². The van der Waals surface area contributed by atoms with Gasteiger partial charge in [0.15, 0.2) is 10.9 Å². The van der Waals surface area contributed by atoms with E-state index >= 15 is 0 Å². The van der Waals surface area contributed by atoms with Gasteiger partial charge in [-0.15, -0.1) is 11.8 Å². The third-order valence-corrected chi connectivity index (χ3v) is 7.38. The molecule has 1 saturated heterocycles. The van der Waals surface area contributed by atoms with Gasteiger partial charge in [-0.2, -0.15) is 0 Å². The Morgan fingerprint density at radius 2 is 2.12 bits per heavy atom. The molecule has 0 amide bonds. The molecule has 168 valence electrons. The third-order valence-electron chi connectivity index (χ3n) is 5.26. The molecule has 1 N–H and O–H groups in total. The number of benzene rings is 1. The second kappa shape index (κ2) is 10.9. The van der Waals surface area contributed by atoms with Crippen molar-refractivity contribution < 1.29 is 4.79 Å². The lowest BCUT2D eigenvalue weighted by Gasteiger charge is -2.17. The number of rotatable bonds is 8. The quantitative estimate of drug-likeness (QED) is 0.244. The van der Waals surface area contributed by atoms with Crippen LogP contribution in [0.4, 0.5) is 16.8 Å². The standard InChI is InChI=1S/C24H29N5OS2/c1-3-4-11-31-22-8-9-25-23(28-22)27-19-13-17(2)12-18(14-19)21-15-26-24(32-21)29-10-6-5-7-20(30)16-29/h8-9,12-15H,3-7,10-11,16H2,1-2H3,(H,25,27,28). The van der Waals surface area contributed by atoms with E-state index in [-0.39, 0.29) is 0 Å². The molecule has 0 radical (unpaired) electrons. The molecule has 0 atom stereocenters. The number of carbonyl (C=O) groups is 1. The summed E-state index contributed by atoms with van der Waals surface area (Å²) in [6.45, 7) is 5.64. The van der Waals surface area contributed by atoms with Crippen molar-refractivity contribution in [3.8, 4) is 10.4 Å². The maximum absolute atomic E-state index is 12.0. The van der Waals surface area contributed by atoms with Gasteiger partial charge in [0.05, 0.1) is 11.4 Å². The summed E-state index contributed by atoms with van der Waals surface area (Å²) in [5, 5.41) is 5.27. The SMILES string of the molecule is CCCCSc1ccnc(Nc2cc(C)cc(-c3cnc(N4CCCCC(=O)C4)s3)c2)n1. The Morgan fingerprint density at radius 3 is 3.00 bits per heavy atom. The van der Waals surface area contributed by atoms with Crippen molar-refractivity contribution in [3.63, 3.8) is 0 Å². The van der Waals surface area contributed by atoms with Crippen LogP contribution in [0.3, 0.4) is 0 Å². The summed E-state index contributed by atoms with van der Waals surface area (Å²) >= 11 is 3.41. The van der Waals surface area contributed by atoms with Gasteiger partial charge in [0.2, 0.25) is 5.95 Å². The van der Waals surface area contributed by atoms with Crippen LogP contribution in [0.15, 0.2) is 41.7 Å². The molecule has 1 aliphatic rings. The summed E-state index contributed by atoms with van der Waals surface area (Å²) in [4.78, 5) is 28.9. The number of unbranched alkanes of at least 4 members (excludes halogenated alkanes) is 1. The number of anilines is 3. The number of carbonyl (C=O) groups excluding carboxylic acids is 1. The van der Waals surface area contributed by atoms with E-state index in [0.717, 1.165) is 57.0 Å². The summed E-state index contributed by atoms with van der Waals surface area (Å²) in [5.41, 5.74) is 3.21. The van der Waals surface area contributed by atoms with Gasteiger partial charge in [-0.3, -0.25) is 4.79 Å². The van der Waals surface area contributed by atoms with Crippen LogP contribution in [-0.2, 0) is 4.79 Å². The molecule has 0 aliphatic carbocycles. The summed E-state index contributed by atoms with van der Waals surface area (Å²) in [6.07, 6.45) is 8.77. The predicted molar refractivity (Wildman–Crippen MR) is 134 cm³/mol. The number of hydrogen-bond acceptors (Lipinski definition) is 8. The summed E-state index contributed by atoms with van der Waals surface area (Å²) in [6, 6.07) is 8.32. The van der Waals surface area contributed by atoms with Crippen LogP contribution in [0.25, 0.3) is 10.4 Å². The largest absolute Gasteiger partial charge is 0.341 e. The predicted octanol–water partition coefficient (Wildman–Crippen LogP) is 6.10. The van der Waals surface area contributed by atoms with Gasteiger partial charge in [-0.25, -0.2) is 15.0 Å². The van der Waals surface area contributed by atoms with Crippen molar-refractivity contribution in [2.24, 2.45) is 0 Å². The van der Waals surface area contributed by atoms with Crippen LogP contribution in [0, 0.1) is 6.92 Å². The number of thiazole rings is 1. The fourth-order valence-electron chi connectivity index (χ4n) is 3.63. The van der Waals surface area contributed by atoms with Crippen LogP contribution < -0.4 is 10.2 Å². The van der Waals surface area contributed by atoms with Crippen molar-refractivity contribution in [2.75, 3.05) is 29.1 Å². The molecule has 1 fully saturated rings. The number of nitrogens with zero attached hydrogens (tertiary/aromatic N) is 4. The highest BCUT2D eigenvalue weighted by atomic mass is 32.2. The third kappa shape index (κ3) is 6.07. The molecular weight excluding hydrogens is 438 g/mol. The zero-order valence-corrected chi connectivity index (χ0v) is 20.3. The Morgan fingerprint density at radius 1 is 1.22 bits per heavy atom. The Hall–Kier alpha value is -2.45. The lowest BCUT2D eigenvalue weighted by molar-refractivity contribution is -0.117. The maximum atomic E-state index is 12.0. The van der Waals surface area contributed by atoms with Gasteiger partial charge in [0.1, 0.15) is 5.03 Å². The van der Waals surface area contributed by atoms with E-state index in [2.05, 4.69) is 57.2 Å². The Kier molecular flexibility index (Phi) is 7.76. The van der Waals surface area contributed by atoms with E-state index < -0.39 is 0 Å². The number of aromatic nitrogens is 3. The number of ketones is 1. The molecule has 0 bridgehead atoms. The Balaban J connectivity index is 1.50. The van der Waals surface area contributed by atoms with Gasteiger partial charge in [0.25, 0.3) is 0 Å². The minimum absolute atomic E-state index is 0.302. The number of nitrogens with one attached hydrogen (secondary N) is 1. The van der Waals surface area contributed by atoms with Crippen molar-refractivity contribution in [3.05, 3.63) is 42.2 Å². The maximum Gasteiger partial charge on any atom is 0.228 e. The molecule has 0 saturated carbocycles. The van der Waals surface area contributed by atoms with E-state index in [9.17, 15) is 4.79 Å². The number of aryl methyl sites for hydroxylation is 1. The first kappa shape index (κ1) is 22.7. The highest BCUT2D eigenvalue weighted by Crippen LogP contribution is 2.34. The molecule has 8 heteroatoms. The Bertz CT molecular complexity index is 1070. The van der Waals surface area contributed by atoms with Gasteiger partial charge in [0, 0.05) is 31.0 Å². The zero-order chi connectivity index (χ0) is 22.3. The Labute approximate surface area is 197 Å². The molecule has 3 heterocycles. The highest BCUT2D eigenvalue weighted by Gasteiger charge is 2.18. The molecular formula is C24H29N5OS2. The summed E-state index contributed by atoms with van der Waals surface area (Å²) < 4.78 is 0. The van der Waals surface area contributed by atoms with Crippen LogP contribution in [-0.4, -0.2) is 39.6 Å². The number of hydrogen-bond donors (Lipinski definition) is 1. The van der Waals surface area contributed by atoms with E-state index in [0.29, 0.717) is 24.7 Å². The van der Waals surface area contributed by atoms with Crippen LogP contribution in [0.1, 0.15) is 44.6 Å². The second-order valence-corrected chi connectivity index (χ2v) is 10.2. The minimum atomic E-state index is 0.302. The first-order valence-electron chi connectivity index (χ1n) is 11.2. The number of thioether (sulfide) groups is 1. The monoisotopic (exact) mass is 467 g/mol. The van der Waals surface area contributed by atoms with Gasteiger partial charge >= 0.3 is 0 Å². The average molecular weight is 468 g/mol. The van der Waals surface area contributed by atoms with Gasteiger partial charge in [-0.1, -0.05) is 30.7 Å². The fraction of sp³-hybridized carbons (Fsp3) is 0.417. The van der Waals surface area contributed by atoms with E-state index in [1.165, 1.54) is 12.8 Å². The fourth-order valence-corrected chi connectivity index (χ4v) is 5.51. The van der Waals surface area contributed by atoms with Crippen molar-refractivity contribution in [2.45, 2.75) is 51.0 Å². The van der Waals surface area contributed by atoms with E-state index in [4.69, 9.17) is 0 Å². The first-order valence-corrected chi connectivity index (χ1v) is 13.0. The molecule has 6 nitrogen and oxygen atoms in total. The van der Waals surface area contributed by atoms with Crippen LogP contribution >= 0.6 is 23.1 Å². The van der Waals surface area contributed by atoms with Crippen LogP contribution in [0.2, 0.25) is 0 Å². The lowest BCUT2D eigenvalue weighted by Crippen LogP contribution is -2.27.